The van der Waals surface area contributed by atoms with Crippen LogP contribution in [0.4, 0.5) is 0 Å². The van der Waals surface area contributed by atoms with E-state index in [4.69, 9.17) is 4.74 Å². The SMILES string of the molecule is Cc1ccc(OC(C)C(=O)NC(C)c2ccc(S(=O)(=O)N(C)C)cc2)c(Br)c1. The molecule has 2 atom stereocenters. The van der Waals surface area contributed by atoms with Crippen molar-refractivity contribution in [2.45, 2.75) is 37.8 Å². The molecular formula is C20H25BrN2O4S. The van der Waals surface area contributed by atoms with E-state index >= 15 is 0 Å². The lowest BCUT2D eigenvalue weighted by Crippen LogP contribution is -2.37. The third-order valence-corrected chi connectivity index (χ3v) is 6.73. The van der Waals surface area contributed by atoms with Gasteiger partial charge in [-0.3, -0.25) is 4.79 Å². The fraction of sp³-hybridized carbons (Fsp3) is 0.350. The number of hydrogen-bond donors (Lipinski definition) is 1. The summed E-state index contributed by atoms with van der Waals surface area (Å²) in [6, 6.07) is 11.8. The highest BCUT2D eigenvalue weighted by Gasteiger charge is 2.20. The quantitative estimate of drug-likeness (QED) is 0.672. The first-order valence-electron chi connectivity index (χ1n) is 8.78. The zero-order valence-corrected chi connectivity index (χ0v) is 19.0. The molecule has 152 valence electrons. The van der Waals surface area contributed by atoms with E-state index < -0.39 is 16.1 Å². The molecule has 0 aromatic heterocycles. The van der Waals surface area contributed by atoms with Gasteiger partial charge in [-0.05, 0) is 72.1 Å². The number of amides is 1. The predicted octanol–water partition coefficient (Wildman–Crippen LogP) is 3.65. The van der Waals surface area contributed by atoms with Crippen molar-refractivity contribution in [1.82, 2.24) is 9.62 Å². The maximum absolute atomic E-state index is 12.5. The summed E-state index contributed by atoms with van der Waals surface area (Å²) in [4.78, 5) is 12.7. The van der Waals surface area contributed by atoms with Gasteiger partial charge in [0, 0.05) is 14.1 Å². The molecule has 8 heteroatoms. The number of nitrogens with one attached hydrogen (secondary N) is 1. The molecule has 0 saturated heterocycles. The molecule has 28 heavy (non-hydrogen) atoms. The van der Waals surface area contributed by atoms with E-state index in [1.165, 1.54) is 26.2 Å². The number of sulfonamides is 1. The van der Waals surface area contributed by atoms with E-state index in [1.54, 1.807) is 19.1 Å². The third kappa shape index (κ3) is 5.33. The van der Waals surface area contributed by atoms with Crippen LogP contribution in [0.15, 0.2) is 51.8 Å². The maximum Gasteiger partial charge on any atom is 0.261 e. The molecule has 1 N–H and O–H groups in total. The van der Waals surface area contributed by atoms with Gasteiger partial charge in [-0.2, -0.15) is 0 Å². The van der Waals surface area contributed by atoms with Crippen molar-refractivity contribution in [3.8, 4) is 5.75 Å². The zero-order chi connectivity index (χ0) is 21.1. The highest BCUT2D eigenvalue weighted by atomic mass is 79.9. The van der Waals surface area contributed by atoms with Crippen molar-refractivity contribution in [3.05, 3.63) is 58.1 Å². The highest BCUT2D eigenvalue weighted by molar-refractivity contribution is 9.10. The predicted molar refractivity (Wildman–Crippen MR) is 113 cm³/mol. The second kappa shape index (κ2) is 9.07. The number of ether oxygens (including phenoxy) is 1. The summed E-state index contributed by atoms with van der Waals surface area (Å²) in [6.07, 6.45) is -0.685. The molecule has 2 unspecified atom stereocenters. The lowest BCUT2D eigenvalue weighted by Gasteiger charge is -2.20. The number of hydrogen-bond acceptors (Lipinski definition) is 4. The number of nitrogens with zero attached hydrogens (tertiary/aromatic N) is 1. The van der Waals surface area contributed by atoms with Crippen LogP contribution in [0.5, 0.6) is 5.75 Å². The van der Waals surface area contributed by atoms with Crippen molar-refractivity contribution in [2.24, 2.45) is 0 Å². The Morgan fingerprint density at radius 3 is 2.25 bits per heavy atom. The number of aryl methyl sites for hydroxylation is 1. The van der Waals surface area contributed by atoms with Gasteiger partial charge in [0.2, 0.25) is 10.0 Å². The average Bonchev–Trinajstić information content (AvgIpc) is 2.63. The van der Waals surface area contributed by atoms with Crippen LogP contribution in [0.3, 0.4) is 0 Å². The summed E-state index contributed by atoms with van der Waals surface area (Å²) < 4.78 is 32.0. The molecule has 0 radical (unpaired) electrons. The van der Waals surface area contributed by atoms with Gasteiger partial charge in [0.15, 0.2) is 6.10 Å². The minimum atomic E-state index is -3.48. The monoisotopic (exact) mass is 468 g/mol. The number of carbonyl (C=O) groups excluding carboxylic acids is 1. The van der Waals surface area contributed by atoms with Gasteiger partial charge in [0.1, 0.15) is 5.75 Å². The summed E-state index contributed by atoms with van der Waals surface area (Å²) in [7, 11) is -0.504. The molecule has 0 fully saturated rings. The van der Waals surface area contributed by atoms with Crippen LogP contribution in [-0.2, 0) is 14.8 Å². The Kier molecular flexibility index (Phi) is 7.25. The van der Waals surface area contributed by atoms with Crippen LogP contribution in [-0.4, -0.2) is 38.8 Å². The number of halogens is 1. The zero-order valence-electron chi connectivity index (χ0n) is 16.6. The molecule has 0 aliphatic rings. The molecule has 0 saturated carbocycles. The second-order valence-corrected chi connectivity index (χ2v) is 9.79. The van der Waals surface area contributed by atoms with E-state index in [0.29, 0.717) is 5.75 Å². The van der Waals surface area contributed by atoms with Crippen LogP contribution in [0.2, 0.25) is 0 Å². The smallest absolute Gasteiger partial charge is 0.261 e. The molecule has 1 amide bonds. The van der Waals surface area contributed by atoms with E-state index in [2.05, 4.69) is 21.2 Å². The minimum absolute atomic E-state index is 0.209. The van der Waals surface area contributed by atoms with E-state index in [0.717, 1.165) is 19.9 Å². The van der Waals surface area contributed by atoms with E-state index in [1.807, 2.05) is 32.0 Å². The fourth-order valence-corrected chi connectivity index (χ4v) is 3.99. The van der Waals surface area contributed by atoms with Gasteiger partial charge in [-0.1, -0.05) is 18.2 Å². The van der Waals surface area contributed by atoms with Gasteiger partial charge in [0.05, 0.1) is 15.4 Å². The number of rotatable bonds is 7. The summed E-state index contributed by atoms with van der Waals surface area (Å²) in [5.74, 6) is 0.337. The molecule has 0 heterocycles. The van der Waals surface area contributed by atoms with Crippen molar-refractivity contribution in [1.29, 1.82) is 0 Å². The lowest BCUT2D eigenvalue weighted by atomic mass is 10.1. The lowest BCUT2D eigenvalue weighted by molar-refractivity contribution is -0.127. The number of carbonyl (C=O) groups is 1. The molecule has 0 bridgehead atoms. The van der Waals surface area contributed by atoms with Gasteiger partial charge in [-0.25, -0.2) is 12.7 Å². The summed E-state index contributed by atoms with van der Waals surface area (Å²) >= 11 is 3.44. The van der Waals surface area contributed by atoms with Crippen LogP contribution in [0.1, 0.15) is 31.0 Å². The van der Waals surface area contributed by atoms with Gasteiger partial charge < -0.3 is 10.1 Å². The van der Waals surface area contributed by atoms with Crippen molar-refractivity contribution in [2.75, 3.05) is 14.1 Å². The first kappa shape index (κ1) is 22.4. The van der Waals surface area contributed by atoms with Crippen LogP contribution >= 0.6 is 15.9 Å². The van der Waals surface area contributed by atoms with Gasteiger partial charge in [0.25, 0.3) is 5.91 Å². The van der Waals surface area contributed by atoms with Crippen molar-refractivity contribution >= 4 is 31.9 Å². The fourth-order valence-electron chi connectivity index (χ4n) is 2.50. The van der Waals surface area contributed by atoms with Crippen LogP contribution in [0.25, 0.3) is 0 Å². The molecule has 2 aromatic carbocycles. The Morgan fingerprint density at radius 1 is 1.11 bits per heavy atom. The van der Waals surface area contributed by atoms with Crippen LogP contribution in [0, 0.1) is 6.92 Å². The van der Waals surface area contributed by atoms with Gasteiger partial charge in [-0.15, -0.1) is 0 Å². The van der Waals surface area contributed by atoms with E-state index in [-0.39, 0.29) is 16.8 Å². The second-order valence-electron chi connectivity index (χ2n) is 6.78. The summed E-state index contributed by atoms with van der Waals surface area (Å²) in [6.45, 7) is 5.49. The highest BCUT2D eigenvalue weighted by Crippen LogP contribution is 2.27. The third-order valence-electron chi connectivity index (χ3n) is 4.28. The first-order chi connectivity index (χ1) is 13.0. The summed E-state index contributed by atoms with van der Waals surface area (Å²) in [5.41, 5.74) is 1.89. The van der Waals surface area contributed by atoms with Crippen molar-refractivity contribution in [3.63, 3.8) is 0 Å². The Labute approximate surface area is 175 Å². The molecular weight excluding hydrogens is 444 g/mol. The van der Waals surface area contributed by atoms with Crippen LogP contribution < -0.4 is 10.1 Å². The molecule has 0 spiro atoms. The Morgan fingerprint density at radius 2 is 1.71 bits per heavy atom. The molecule has 0 aliphatic heterocycles. The number of benzene rings is 2. The van der Waals surface area contributed by atoms with Gasteiger partial charge >= 0.3 is 0 Å². The standard InChI is InChI=1S/C20H25BrN2O4S/c1-13-6-11-19(18(21)12-13)27-15(3)20(24)22-14(2)16-7-9-17(10-8-16)28(25,26)23(4)5/h6-12,14-15H,1-5H3,(H,22,24). The Hall–Kier alpha value is -1.90. The maximum atomic E-state index is 12.5. The molecule has 2 rings (SSSR count). The normalized spacial score (nSPS) is 13.8. The Balaban J connectivity index is 2.03. The summed E-state index contributed by atoms with van der Waals surface area (Å²) in [5, 5.41) is 2.89. The van der Waals surface area contributed by atoms with E-state index in [9.17, 15) is 13.2 Å². The average molecular weight is 469 g/mol. The largest absolute Gasteiger partial charge is 0.480 e. The first-order valence-corrected chi connectivity index (χ1v) is 11.0. The molecule has 0 aliphatic carbocycles. The minimum Gasteiger partial charge on any atom is -0.480 e. The topological polar surface area (TPSA) is 75.7 Å². The van der Waals surface area contributed by atoms with Crippen molar-refractivity contribution < 1.29 is 17.9 Å². The Bertz CT molecular complexity index is 943. The molecule has 2 aromatic rings. The molecule has 6 nitrogen and oxygen atoms in total.